The number of hydrogen-bond donors (Lipinski definition) is 2. The molecular formula is C20H19N3O4. The maximum Gasteiger partial charge on any atom is 0.273 e. The van der Waals surface area contributed by atoms with Crippen LogP contribution >= 0.6 is 0 Å². The Bertz CT molecular complexity index is 867. The van der Waals surface area contributed by atoms with Crippen LogP contribution in [0.15, 0.2) is 48.7 Å². The molecule has 0 saturated carbocycles. The molecule has 0 aliphatic rings. The van der Waals surface area contributed by atoms with Crippen LogP contribution in [0.25, 0.3) is 0 Å². The molecule has 7 nitrogen and oxygen atoms in total. The second kappa shape index (κ2) is 9.27. The number of likely N-dealkylation sites (N-methyl/N-ethyl adjacent to an activating group) is 2. The number of hydrogen-bond acceptors (Lipinski definition) is 5. The number of pyridine rings is 1. The van der Waals surface area contributed by atoms with Crippen molar-refractivity contribution in [3.05, 3.63) is 65.5 Å². The summed E-state index contributed by atoms with van der Waals surface area (Å²) in [4.78, 5) is 41.3. The molecule has 2 aromatic rings. The Balaban J connectivity index is 2.18. The van der Waals surface area contributed by atoms with Gasteiger partial charge in [-0.2, -0.15) is 0 Å². The Morgan fingerprint density at radius 1 is 1.11 bits per heavy atom. The van der Waals surface area contributed by atoms with Gasteiger partial charge in [-0.1, -0.05) is 30.0 Å². The SMILES string of the molecule is CNC(=O)C(C(=O)CO)N(C)C(=O)c1ccc(C#Cc2ccccc2)cn1. The Morgan fingerprint density at radius 2 is 1.78 bits per heavy atom. The molecule has 1 heterocycles. The maximum absolute atomic E-state index is 12.5. The Kier molecular flexibility index (Phi) is 6.80. The van der Waals surface area contributed by atoms with Crippen molar-refractivity contribution >= 4 is 17.6 Å². The first-order chi connectivity index (χ1) is 13.0. The van der Waals surface area contributed by atoms with E-state index in [0.717, 1.165) is 10.5 Å². The molecule has 0 radical (unpaired) electrons. The fraction of sp³-hybridized carbons (Fsp3) is 0.200. The molecule has 0 spiro atoms. The van der Waals surface area contributed by atoms with Gasteiger partial charge in [0.25, 0.3) is 5.91 Å². The summed E-state index contributed by atoms with van der Waals surface area (Å²) in [6.45, 7) is -0.850. The lowest BCUT2D eigenvalue weighted by molar-refractivity contribution is -0.135. The van der Waals surface area contributed by atoms with Crippen LogP contribution < -0.4 is 5.32 Å². The van der Waals surface area contributed by atoms with Crippen molar-refractivity contribution in [1.29, 1.82) is 0 Å². The highest BCUT2D eigenvalue weighted by Crippen LogP contribution is 2.08. The molecule has 2 amide bonds. The van der Waals surface area contributed by atoms with Crippen molar-refractivity contribution in [2.24, 2.45) is 0 Å². The highest BCUT2D eigenvalue weighted by Gasteiger charge is 2.33. The van der Waals surface area contributed by atoms with Crippen LogP contribution in [0.2, 0.25) is 0 Å². The van der Waals surface area contributed by atoms with E-state index in [0.29, 0.717) is 5.56 Å². The molecule has 0 bridgehead atoms. The monoisotopic (exact) mass is 365 g/mol. The Morgan fingerprint density at radius 3 is 2.33 bits per heavy atom. The molecule has 138 valence electrons. The zero-order valence-electron chi connectivity index (χ0n) is 15.0. The average Bonchev–Trinajstić information content (AvgIpc) is 2.72. The number of aromatic nitrogens is 1. The lowest BCUT2D eigenvalue weighted by Gasteiger charge is -2.24. The van der Waals surface area contributed by atoms with Crippen molar-refractivity contribution < 1.29 is 19.5 Å². The molecule has 1 aromatic heterocycles. The van der Waals surface area contributed by atoms with E-state index in [4.69, 9.17) is 5.11 Å². The van der Waals surface area contributed by atoms with Crippen LogP contribution in [0, 0.1) is 11.8 Å². The highest BCUT2D eigenvalue weighted by atomic mass is 16.3. The van der Waals surface area contributed by atoms with Gasteiger partial charge in [0, 0.05) is 31.4 Å². The summed E-state index contributed by atoms with van der Waals surface area (Å²) in [5.41, 5.74) is 1.53. The number of carbonyl (C=O) groups is 3. The molecule has 1 unspecified atom stereocenters. The van der Waals surface area contributed by atoms with E-state index in [1.54, 1.807) is 6.07 Å². The zero-order chi connectivity index (χ0) is 19.8. The summed E-state index contributed by atoms with van der Waals surface area (Å²) >= 11 is 0. The van der Waals surface area contributed by atoms with Gasteiger partial charge in [0.2, 0.25) is 5.91 Å². The average molecular weight is 365 g/mol. The van der Waals surface area contributed by atoms with E-state index < -0.39 is 30.2 Å². The highest BCUT2D eigenvalue weighted by molar-refractivity contribution is 6.09. The second-order valence-corrected chi connectivity index (χ2v) is 5.61. The molecule has 2 rings (SSSR count). The minimum absolute atomic E-state index is 0.0578. The predicted molar refractivity (Wildman–Crippen MR) is 98.7 cm³/mol. The number of ketones is 1. The summed E-state index contributed by atoms with van der Waals surface area (Å²) < 4.78 is 0. The molecule has 2 N–H and O–H groups in total. The van der Waals surface area contributed by atoms with E-state index in [-0.39, 0.29) is 5.69 Å². The van der Waals surface area contributed by atoms with Crippen LogP contribution in [0.1, 0.15) is 21.6 Å². The van der Waals surface area contributed by atoms with Gasteiger partial charge in [0.05, 0.1) is 0 Å². The standard InChI is InChI=1S/C20H19N3O4/c1-21-19(26)18(17(25)13-24)23(2)20(27)16-11-10-15(12-22-16)9-8-14-6-4-3-5-7-14/h3-7,10-12,18,24H,13H2,1-2H3,(H,21,26). The van der Waals surface area contributed by atoms with Gasteiger partial charge in [-0.15, -0.1) is 0 Å². The number of amides is 2. The molecule has 0 aliphatic heterocycles. The molecule has 0 saturated heterocycles. The molecule has 1 atom stereocenters. The number of rotatable bonds is 5. The van der Waals surface area contributed by atoms with Crippen molar-refractivity contribution in [3.63, 3.8) is 0 Å². The number of aliphatic hydroxyl groups excluding tert-OH is 1. The van der Waals surface area contributed by atoms with Crippen molar-refractivity contribution in [2.75, 3.05) is 20.7 Å². The predicted octanol–water partition coefficient (Wildman–Crippen LogP) is 0.229. The lowest BCUT2D eigenvalue weighted by atomic mass is 10.1. The van der Waals surface area contributed by atoms with Crippen molar-refractivity contribution in [1.82, 2.24) is 15.2 Å². The van der Waals surface area contributed by atoms with Crippen LogP contribution in [0.3, 0.4) is 0 Å². The quantitative estimate of drug-likeness (QED) is 0.584. The summed E-state index contributed by atoms with van der Waals surface area (Å²) in [5, 5.41) is 11.3. The molecule has 7 heteroatoms. The van der Waals surface area contributed by atoms with E-state index >= 15 is 0 Å². The van der Waals surface area contributed by atoms with Crippen LogP contribution in [0.4, 0.5) is 0 Å². The number of Topliss-reactive ketones (excluding diaryl/α,β-unsaturated/α-hetero) is 1. The smallest absolute Gasteiger partial charge is 0.273 e. The van der Waals surface area contributed by atoms with Gasteiger partial charge < -0.3 is 15.3 Å². The molecule has 1 aromatic carbocycles. The Labute approximate surface area is 157 Å². The fourth-order valence-electron chi connectivity index (χ4n) is 2.32. The van der Waals surface area contributed by atoms with Crippen molar-refractivity contribution in [2.45, 2.75) is 6.04 Å². The summed E-state index contributed by atoms with van der Waals surface area (Å²) in [7, 11) is 2.65. The molecule has 0 fully saturated rings. The van der Waals surface area contributed by atoms with Crippen LogP contribution in [-0.4, -0.2) is 59.3 Å². The van der Waals surface area contributed by atoms with Crippen molar-refractivity contribution in [3.8, 4) is 11.8 Å². The second-order valence-electron chi connectivity index (χ2n) is 5.61. The largest absolute Gasteiger partial charge is 0.388 e. The third kappa shape index (κ3) is 5.00. The first-order valence-corrected chi connectivity index (χ1v) is 8.13. The third-order valence-corrected chi connectivity index (χ3v) is 3.77. The fourth-order valence-corrected chi connectivity index (χ4v) is 2.32. The first kappa shape index (κ1) is 19.8. The van der Waals surface area contributed by atoms with Crippen LogP contribution in [0.5, 0.6) is 0 Å². The van der Waals surface area contributed by atoms with Gasteiger partial charge in [-0.05, 0) is 24.3 Å². The van der Waals surface area contributed by atoms with Gasteiger partial charge >= 0.3 is 0 Å². The third-order valence-electron chi connectivity index (χ3n) is 3.77. The number of benzene rings is 1. The maximum atomic E-state index is 12.5. The summed E-state index contributed by atoms with van der Waals surface area (Å²) in [6.07, 6.45) is 1.44. The molecule has 0 aliphatic carbocycles. The van der Waals surface area contributed by atoms with Crippen LogP contribution in [-0.2, 0) is 9.59 Å². The van der Waals surface area contributed by atoms with Gasteiger partial charge in [0.1, 0.15) is 12.3 Å². The lowest BCUT2D eigenvalue weighted by Crippen LogP contribution is -2.52. The topological polar surface area (TPSA) is 99.6 Å². The summed E-state index contributed by atoms with van der Waals surface area (Å²) in [6, 6.07) is 11.1. The number of carbonyl (C=O) groups excluding carboxylic acids is 3. The number of aliphatic hydroxyl groups is 1. The Hall–Kier alpha value is -3.50. The van der Waals surface area contributed by atoms with E-state index in [2.05, 4.69) is 22.1 Å². The molecular weight excluding hydrogens is 346 g/mol. The minimum Gasteiger partial charge on any atom is -0.388 e. The van der Waals surface area contributed by atoms with E-state index in [1.165, 1.54) is 26.4 Å². The first-order valence-electron chi connectivity index (χ1n) is 8.13. The molecule has 27 heavy (non-hydrogen) atoms. The summed E-state index contributed by atoms with van der Waals surface area (Å²) in [5.74, 6) is 3.85. The van der Waals surface area contributed by atoms with Gasteiger partial charge in [-0.25, -0.2) is 4.98 Å². The van der Waals surface area contributed by atoms with Gasteiger partial charge in [-0.3, -0.25) is 14.4 Å². The van der Waals surface area contributed by atoms with E-state index in [1.807, 2.05) is 30.3 Å². The zero-order valence-corrected chi connectivity index (χ0v) is 15.0. The number of nitrogens with one attached hydrogen (secondary N) is 1. The normalized spacial score (nSPS) is 10.9. The van der Waals surface area contributed by atoms with Gasteiger partial charge in [0.15, 0.2) is 11.8 Å². The minimum atomic E-state index is -1.42. The number of nitrogens with zero attached hydrogens (tertiary/aromatic N) is 2. The van der Waals surface area contributed by atoms with E-state index in [9.17, 15) is 14.4 Å².